The van der Waals surface area contributed by atoms with Crippen molar-refractivity contribution in [2.75, 3.05) is 12.0 Å². The zero-order valence-corrected chi connectivity index (χ0v) is 10.6. The van der Waals surface area contributed by atoms with Crippen LogP contribution < -0.4 is 9.64 Å². The SMILES string of the molecule is COc1cccc2c1N(C(C)=O)[C@H]1[C@@H](O)CC[C@@H]21. The third-order valence-electron chi connectivity index (χ3n) is 4.11. The maximum atomic E-state index is 11.9. The summed E-state index contributed by atoms with van der Waals surface area (Å²) in [6, 6.07) is 5.73. The van der Waals surface area contributed by atoms with Crippen LogP contribution >= 0.6 is 0 Å². The number of anilines is 1. The summed E-state index contributed by atoms with van der Waals surface area (Å²) in [7, 11) is 1.61. The highest BCUT2D eigenvalue weighted by molar-refractivity contribution is 5.97. The van der Waals surface area contributed by atoms with Crippen LogP contribution in [0.15, 0.2) is 18.2 Å². The van der Waals surface area contributed by atoms with Gasteiger partial charge in [0.15, 0.2) is 0 Å². The molecule has 0 bridgehead atoms. The number of benzene rings is 1. The van der Waals surface area contributed by atoms with Crippen molar-refractivity contribution in [1.82, 2.24) is 0 Å². The van der Waals surface area contributed by atoms with Crippen molar-refractivity contribution in [3.05, 3.63) is 23.8 Å². The smallest absolute Gasteiger partial charge is 0.224 e. The van der Waals surface area contributed by atoms with E-state index in [4.69, 9.17) is 4.74 Å². The molecule has 1 heterocycles. The van der Waals surface area contributed by atoms with Gasteiger partial charge in [-0.25, -0.2) is 0 Å². The first-order valence-corrected chi connectivity index (χ1v) is 6.30. The van der Waals surface area contributed by atoms with E-state index in [2.05, 4.69) is 0 Å². The van der Waals surface area contributed by atoms with E-state index in [0.29, 0.717) is 5.75 Å². The van der Waals surface area contributed by atoms with Crippen molar-refractivity contribution < 1.29 is 14.6 Å². The molecule has 2 aliphatic rings. The first-order valence-electron chi connectivity index (χ1n) is 6.30. The van der Waals surface area contributed by atoms with Gasteiger partial charge in [-0.15, -0.1) is 0 Å². The molecule has 0 saturated heterocycles. The highest BCUT2D eigenvalue weighted by Crippen LogP contribution is 2.52. The van der Waals surface area contributed by atoms with Gasteiger partial charge in [0.1, 0.15) is 5.75 Å². The number of para-hydroxylation sites is 1. The number of rotatable bonds is 1. The fourth-order valence-electron chi connectivity index (χ4n) is 3.43. The summed E-state index contributed by atoms with van der Waals surface area (Å²) in [6.07, 6.45) is 1.25. The number of carbonyl (C=O) groups excluding carboxylic acids is 1. The molecule has 0 radical (unpaired) electrons. The van der Waals surface area contributed by atoms with Crippen LogP contribution in [0.2, 0.25) is 0 Å². The lowest BCUT2D eigenvalue weighted by molar-refractivity contribution is -0.117. The molecule has 1 aromatic rings. The summed E-state index contributed by atoms with van der Waals surface area (Å²) in [6.45, 7) is 1.55. The van der Waals surface area contributed by atoms with Crippen LogP contribution in [0.4, 0.5) is 5.69 Å². The average molecular weight is 247 g/mol. The van der Waals surface area contributed by atoms with Gasteiger partial charge in [-0.2, -0.15) is 0 Å². The Morgan fingerprint density at radius 2 is 2.22 bits per heavy atom. The number of aliphatic hydroxyl groups is 1. The Morgan fingerprint density at radius 3 is 2.89 bits per heavy atom. The van der Waals surface area contributed by atoms with Gasteiger partial charge in [0.2, 0.25) is 5.91 Å². The van der Waals surface area contributed by atoms with Crippen molar-refractivity contribution >= 4 is 11.6 Å². The van der Waals surface area contributed by atoms with E-state index in [9.17, 15) is 9.90 Å². The fraction of sp³-hybridized carbons (Fsp3) is 0.500. The summed E-state index contributed by atoms with van der Waals surface area (Å²) in [4.78, 5) is 13.6. The molecule has 1 aliphatic carbocycles. The zero-order valence-electron chi connectivity index (χ0n) is 10.6. The third kappa shape index (κ3) is 1.38. The van der Waals surface area contributed by atoms with Crippen molar-refractivity contribution in [3.8, 4) is 5.75 Å². The lowest BCUT2D eigenvalue weighted by Gasteiger charge is -2.27. The number of methoxy groups -OCH3 is 1. The van der Waals surface area contributed by atoms with Crippen LogP contribution in [-0.4, -0.2) is 30.3 Å². The molecule has 0 aromatic heterocycles. The van der Waals surface area contributed by atoms with Gasteiger partial charge in [-0.1, -0.05) is 12.1 Å². The average Bonchev–Trinajstić information content (AvgIpc) is 2.87. The van der Waals surface area contributed by atoms with Crippen LogP contribution in [0.25, 0.3) is 0 Å². The molecule has 1 aromatic carbocycles. The molecule has 1 aliphatic heterocycles. The van der Waals surface area contributed by atoms with Crippen LogP contribution in [0.5, 0.6) is 5.75 Å². The van der Waals surface area contributed by atoms with E-state index in [1.165, 1.54) is 0 Å². The molecule has 3 atom stereocenters. The molecule has 1 N–H and O–H groups in total. The maximum absolute atomic E-state index is 11.9. The van der Waals surface area contributed by atoms with E-state index in [1.54, 1.807) is 18.9 Å². The number of amides is 1. The second-order valence-electron chi connectivity index (χ2n) is 5.03. The quantitative estimate of drug-likeness (QED) is 0.821. The zero-order chi connectivity index (χ0) is 12.9. The van der Waals surface area contributed by atoms with Gasteiger partial charge < -0.3 is 14.7 Å². The Morgan fingerprint density at radius 1 is 1.44 bits per heavy atom. The lowest BCUT2D eigenvalue weighted by atomic mass is 9.97. The lowest BCUT2D eigenvalue weighted by Crippen LogP contribution is -2.42. The molecule has 1 fully saturated rings. The van der Waals surface area contributed by atoms with E-state index < -0.39 is 6.10 Å². The van der Waals surface area contributed by atoms with E-state index in [1.807, 2.05) is 18.2 Å². The molecule has 1 saturated carbocycles. The van der Waals surface area contributed by atoms with E-state index in [0.717, 1.165) is 24.1 Å². The van der Waals surface area contributed by atoms with Crippen LogP contribution in [0, 0.1) is 0 Å². The second kappa shape index (κ2) is 3.99. The Bertz CT molecular complexity index is 500. The largest absolute Gasteiger partial charge is 0.495 e. The number of nitrogens with zero attached hydrogens (tertiary/aromatic N) is 1. The minimum atomic E-state index is -0.434. The van der Waals surface area contributed by atoms with Crippen molar-refractivity contribution in [1.29, 1.82) is 0 Å². The minimum Gasteiger partial charge on any atom is -0.495 e. The monoisotopic (exact) mass is 247 g/mol. The number of ether oxygens (including phenoxy) is 1. The fourth-order valence-corrected chi connectivity index (χ4v) is 3.43. The predicted octanol–water partition coefficient (Wildman–Crippen LogP) is 1.67. The third-order valence-corrected chi connectivity index (χ3v) is 4.11. The number of fused-ring (bicyclic) bond motifs is 3. The van der Waals surface area contributed by atoms with Crippen molar-refractivity contribution in [3.63, 3.8) is 0 Å². The second-order valence-corrected chi connectivity index (χ2v) is 5.03. The summed E-state index contributed by atoms with van der Waals surface area (Å²) < 4.78 is 5.36. The van der Waals surface area contributed by atoms with Crippen molar-refractivity contribution in [2.24, 2.45) is 0 Å². The molecule has 0 spiro atoms. The number of hydrogen-bond acceptors (Lipinski definition) is 3. The van der Waals surface area contributed by atoms with Crippen LogP contribution in [-0.2, 0) is 4.79 Å². The number of carbonyl (C=O) groups is 1. The molecule has 96 valence electrons. The Hall–Kier alpha value is -1.55. The molecule has 4 heteroatoms. The molecular formula is C14H17NO3. The van der Waals surface area contributed by atoms with Gasteiger partial charge in [-0.05, 0) is 24.5 Å². The number of aliphatic hydroxyl groups excluding tert-OH is 1. The first-order chi connectivity index (χ1) is 8.65. The normalized spacial score (nSPS) is 29.1. The van der Waals surface area contributed by atoms with Crippen molar-refractivity contribution in [2.45, 2.75) is 37.8 Å². The summed E-state index contributed by atoms with van der Waals surface area (Å²) in [5, 5.41) is 10.1. The molecule has 0 unspecified atom stereocenters. The summed E-state index contributed by atoms with van der Waals surface area (Å²) >= 11 is 0. The topological polar surface area (TPSA) is 49.8 Å². The van der Waals surface area contributed by atoms with Crippen LogP contribution in [0.1, 0.15) is 31.2 Å². The maximum Gasteiger partial charge on any atom is 0.224 e. The highest BCUT2D eigenvalue weighted by Gasteiger charge is 2.49. The van der Waals surface area contributed by atoms with E-state index in [-0.39, 0.29) is 17.9 Å². The Balaban J connectivity index is 2.18. The standard InChI is InChI=1S/C14H17NO3/c1-8(16)15-13-10(6-7-11(13)17)9-4-3-5-12(18-2)14(9)15/h3-5,10-11,13,17H,6-7H2,1-2H3/t10-,11-,13+/m0/s1. The Kier molecular flexibility index (Phi) is 2.55. The van der Waals surface area contributed by atoms with Gasteiger partial charge in [-0.3, -0.25) is 4.79 Å². The summed E-state index contributed by atoms with van der Waals surface area (Å²) in [5.74, 6) is 0.924. The van der Waals surface area contributed by atoms with Gasteiger partial charge in [0, 0.05) is 12.8 Å². The highest BCUT2D eigenvalue weighted by atomic mass is 16.5. The minimum absolute atomic E-state index is 0.0331. The van der Waals surface area contributed by atoms with Gasteiger partial charge >= 0.3 is 0 Å². The Labute approximate surface area is 106 Å². The van der Waals surface area contributed by atoms with Gasteiger partial charge in [0.25, 0.3) is 0 Å². The molecule has 3 rings (SSSR count). The molecule has 1 amide bonds. The van der Waals surface area contributed by atoms with E-state index >= 15 is 0 Å². The first kappa shape index (κ1) is 11.5. The molecule has 4 nitrogen and oxygen atoms in total. The predicted molar refractivity (Wildman–Crippen MR) is 67.9 cm³/mol. The summed E-state index contributed by atoms with van der Waals surface area (Å²) in [5.41, 5.74) is 1.98. The number of hydrogen-bond donors (Lipinski definition) is 1. The van der Waals surface area contributed by atoms with Gasteiger partial charge in [0.05, 0.1) is 24.9 Å². The van der Waals surface area contributed by atoms with Crippen LogP contribution in [0.3, 0.4) is 0 Å². The molecule has 18 heavy (non-hydrogen) atoms. The molecular weight excluding hydrogens is 230 g/mol.